The van der Waals surface area contributed by atoms with E-state index in [-0.39, 0.29) is 26.4 Å². The van der Waals surface area contributed by atoms with Crippen molar-refractivity contribution in [2.24, 2.45) is 5.14 Å². The SMILES string of the molecule is Nc1ccc(S(N)(=O)=O)cc1Nc1cc(F)c(Br)cc1F. The summed E-state index contributed by atoms with van der Waals surface area (Å²) in [4.78, 5) is -0.197. The molecule has 5 nitrogen and oxygen atoms in total. The third-order valence-corrected chi connectivity index (χ3v) is 4.15. The highest BCUT2D eigenvalue weighted by Crippen LogP contribution is 2.29. The fourth-order valence-electron chi connectivity index (χ4n) is 1.58. The molecule has 0 bridgehead atoms. The molecule has 0 unspecified atom stereocenters. The summed E-state index contributed by atoms with van der Waals surface area (Å²) in [6, 6.07) is 5.52. The van der Waals surface area contributed by atoms with Crippen LogP contribution in [0.5, 0.6) is 0 Å². The van der Waals surface area contributed by atoms with Crippen LogP contribution in [-0.4, -0.2) is 8.42 Å². The first-order valence-electron chi connectivity index (χ1n) is 5.52. The lowest BCUT2D eigenvalue weighted by molar-refractivity contribution is 0.597. The quantitative estimate of drug-likeness (QED) is 0.565. The second-order valence-electron chi connectivity index (χ2n) is 4.17. The topological polar surface area (TPSA) is 98.2 Å². The third kappa shape index (κ3) is 3.49. The Morgan fingerprint density at radius 1 is 1.05 bits per heavy atom. The number of sulfonamides is 1. The number of primary sulfonamides is 1. The molecule has 0 radical (unpaired) electrons. The van der Waals surface area contributed by atoms with Crippen LogP contribution in [0.15, 0.2) is 39.7 Å². The van der Waals surface area contributed by atoms with Gasteiger partial charge in [0.05, 0.1) is 26.4 Å². The maximum Gasteiger partial charge on any atom is 0.238 e. The minimum absolute atomic E-state index is 0.0307. The van der Waals surface area contributed by atoms with Crippen LogP contribution in [-0.2, 0) is 10.0 Å². The molecule has 0 fully saturated rings. The number of benzene rings is 2. The zero-order valence-electron chi connectivity index (χ0n) is 10.4. The normalized spacial score (nSPS) is 11.4. The summed E-state index contributed by atoms with van der Waals surface area (Å²) in [6.45, 7) is 0. The van der Waals surface area contributed by atoms with Gasteiger partial charge in [-0.2, -0.15) is 0 Å². The summed E-state index contributed by atoms with van der Waals surface area (Å²) >= 11 is 2.85. The van der Waals surface area contributed by atoms with E-state index in [0.29, 0.717) is 0 Å². The molecule has 0 atom stereocenters. The van der Waals surface area contributed by atoms with E-state index < -0.39 is 21.7 Å². The number of rotatable bonds is 3. The average molecular weight is 378 g/mol. The summed E-state index contributed by atoms with van der Waals surface area (Å²) in [6.07, 6.45) is 0. The highest BCUT2D eigenvalue weighted by atomic mass is 79.9. The number of halogens is 3. The largest absolute Gasteiger partial charge is 0.397 e. The zero-order chi connectivity index (χ0) is 15.8. The van der Waals surface area contributed by atoms with E-state index in [0.717, 1.165) is 18.2 Å². The van der Waals surface area contributed by atoms with Crippen LogP contribution in [0.4, 0.5) is 25.8 Å². The van der Waals surface area contributed by atoms with Crippen LogP contribution >= 0.6 is 15.9 Å². The minimum atomic E-state index is -3.93. The lowest BCUT2D eigenvalue weighted by Crippen LogP contribution is -2.12. The van der Waals surface area contributed by atoms with Crippen molar-refractivity contribution in [3.63, 3.8) is 0 Å². The predicted molar refractivity (Wildman–Crippen MR) is 79.6 cm³/mol. The summed E-state index contributed by atoms with van der Waals surface area (Å²) < 4.78 is 49.7. The molecule has 2 aromatic carbocycles. The Morgan fingerprint density at radius 3 is 2.33 bits per heavy atom. The first kappa shape index (κ1) is 15.7. The molecule has 0 amide bonds. The van der Waals surface area contributed by atoms with Crippen LogP contribution in [0, 0.1) is 11.6 Å². The van der Waals surface area contributed by atoms with Crippen molar-refractivity contribution in [3.05, 3.63) is 46.4 Å². The lowest BCUT2D eigenvalue weighted by Gasteiger charge is -2.12. The lowest BCUT2D eigenvalue weighted by atomic mass is 10.2. The van der Waals surface area contributed by atoms with Gasteiger partial charge in [0.25, 0.3) is 0 Å². The van der Waals surface area contributed by atoms with Gasteiger partial charge in [-0.1, -0.05) is 0 Å². The second-order valence-corrected chi connectivity index (χ2v) is 6.58. The van der Waals surface area contributed by atoms with Gasteiger partial charge in [0.2, 0.25) is 10.0 Å². The van der Waals surface area contributed by atoms with Crippen LogP contribution in [0.25, 0.3) is 0 Å². The van der Waals surface area contributed by atoms with Gasteiger partial charge in [0, 0.05) is 6.07 Å². The predicted octanol–water partition coefficient (Wildman–Crippen LogP) is 2.70. The van der Waals surface area contributed by atoms with Crippen molar-refractivity contribution in [2.75, 3.05) is 11.1 Å². The molecule has 0 aliphatic heterocycles. The zero-order valence-corrected chi connectivity index (χ0v) is 12.8. The molecule has 5 N–H and O–H groups in total. The second kappa shape index (κ2) is 5.58. The molecule has 0 spiro atoms. The van der Waals surface area contributed by atoms with Crippen LogP contribution in [0.2, 0.25) is 0 Å². The Morgan fingerprint density at radius 2 is 1.71 bits per heavy atom. The van der Waals surface area contributed by atoms with E-state index in [2.05, 4.69) is 21.2 Å². The van der Waals surface area contributed by atoms with E-state index >= 15 is 0 Å². The number of nitrogen functional groups attached to an aromatic ring is 1. The van der Waals surface area contributed by atoms with Crippen molar-refractivity contribution in [2.45, 2.75) is 4.90 Å². The smallest absolute Gasteiger partial charge is 0.238 e. The number of hydrogen-bond donors (Lipinski definition) is 3. The Balaban J connectivity index is 2.47. The van der Waals surface area contributed by atoms with E-state index in [4.69, 9.17) is 10.9 Å². The van der Waals surface area contributed by atoms with Gasteiger partial charge in [-0.15, -0.1) is 0 Å². The standard InChI is InChI=1S/C12H10BrF2N3O2S/c13-7-4-9(15)11(5-8(7)14)18-12-3-6(21(17,19)20)1-2-10(12)16/h1-5,18H,16H2,(H2,17,19,20). The molecule has 0 saturated carbocycles. The van der Waals surface area contributed by atoms with Gasteiger partial charge in [-0.3, -0.25) is 0 Å². The van der Waals surface area contributed by atoms with Gasteiger partial charge in [0.15, 0.2) is 0 Å². The average Bonchev–Trinajstić information content (AvgIpc) is 2.37. The van der Waals surface area contributed by atoms with Crippen molar-refractivity contribution < 1.29 is 17.2 Å². The highest BCUT2D eigenvalue weighted by Gasteiger charge is 2.13. The van der Waals surface area contributed by atoms with Crippen molar-refractivity contribution >= 4 is 43.0 Å². The van der Waals surface area contributed by atoms with Crippen LogP contribution in [0.3, 0.4) is 0 Å². The van der Waals surface area contributed by atoms with E-state index in [1.807, 2.05) is 0 Å². The number of nitrogens with two attached hydrogens (primary N) is 2. The summed E-state index contributed by atoms with van der Waals surface area (Å²) in [5.74, 6) is -1.41. The summed E-state index contributed by atoms with van der Waals surface area (Å²) in [7, 11) is -3.93. The molecular weight excluding hydrogens is 368 g/mol. The fourth-order valence-corrected chi connectivity index (χ4v) is 2.44. The minimum Gasteiger partial charge on any atom is -0.397 e. The van der Waals surface area contributed by atoms with E-state index in [1.54, 1.807) is 0 Å². The molecule has 0 aliphatic carbocycles. The molecule has 21 heavy (non-hydrogen) atoms. The van der Waals surface area contributed by atoms with Crippen molar-refractivity contribution in [3.8, 4) is 0 Å². The maximum atomic E-state index is 13.7. The molecule has 2 aromatic rings. The third-order valence-electron chi connectivity index (χ3n) is 2.63. The first-order valence-corrected chi connectivity index (χ1v) is 7.86. The fraction of sp³-hybridized carbons (Fsp3) is 0. The van der Waals surface area contributed by atoms with Crippen molar-refractivity contribution in [1.82, 2.24) is 0 Å². The summed E-state index contributed by atoms with van der Waals surface area (Å²) in [5, 5.41) is 7.55. The molecule has 0 aromatic heterocycles. The molecule has 2 rings (SSSR count). The van der Waals surface area contributed by atoms with Crippen LogP contribution < -0.4 is 16.2 Å². The molecular formula is C12H10BrF2N3O2S. The first-order chi connectivity index (χ1) is 9.68. The molecule has 0 saturated heterocycles. The number of anilines is 3. The van der Waals surface area contributed by atoms with Gasteiger partial charge in [0.1, 0.15) is 11.6 Å². The molecule has 9 heteroatoms. The van der Waals surface area contributed by atoms with E-state index in [1.165, 1.54) is 12.1 Å². The molecule has 0 aliphatic rings. The van der Waals surface area contributed by atoms with Crippen molar-refractivity contribution in [1.29, 1.82) is 0 Å². The van der Waals surface area contributed by atoms with Gasteiger partial charge in [-0.25, -0.2) is 22.3 Å². The number of hydrogen-bond acceptors (Lipinski definition) is 4. The Hall–Kier alpha value is -1.71. The monoisotopic (exact) mass is 377 g/mol. The highest BCUT2D eigenvalue weighted by molar-refractivity contribution is 9.10. The number of nitrogens with one attached hydrogen (secondary N) is 1. The van der Waals surface area contributed by atoms with Gasteiger partial charge < -0.3 is 11.1 Å². The van der Waals surface area contributed by atoms with Gasteiger partial charge >= 0.3 is 0 Å². The summed E-state index contributed by atoms with van der Waals surface area (Å²) in [5.41, 5.74) is 5.75. The molecule has 0 heterocycles. The van der Waals surface area contributed by atoms with Gasteiger partial charge in [-0.05, 0) is 40.2 Å². The maximum absolute atomic E-state index is 13.7. The Kier molecular flexibility index (Phi) is 4.17. The van der Waals surface area contributed by atoms with E-state index in [9.17, 15) is 17.2 Å². The molecule has 112 valence electrons. The van der Waals surface area contributed by atoms with Crippen LogP contribution in [0.1, 0.15) is 0 Å². The Labute approximate surface area is 128 Å². The Bertz CT molecular complexity index is 812.